The van der Waals surface area contributed by atoms with Crippen LogP contribution in [0.5, 0.6) is 11.5 Å². The quantitative estimate of drug-likeness (QED) is 0.357. The lowest BCUT2D eigenvalue weighted by molar-refractivity contribution is -0.385. The van der Waals surface area contributed by atoms with Crippen molar-refractivity contribution < 1.29 is 24.1 Å². The van der Waals surface area contributed by atoms with Gasteiger partial charge in [0, 0.05) is 18.2 Å². The summed E-state index contributed by atoms with van der Waals surface area (Å²) in [4.78, 5) is 32.6. The highest BCUT2D eigenvalue weighted by atomic mass is 16.6. The molecule has 0 aliphatic carbocycles. The van der Waals surface area contributed by atoms with Crippen LogP contribution in [0.3, 0.4) is 0 Å². The third-order valence-electron chi connectivity index (χ3n) is 3.20. The van der Waals surface area contributed by atoms with E-state index in [1.165, 1.54) is 44.4 Å². The van der Waals surface area contributed by atoms with Gasteiger partial charge in [-0.15, -0.1) is 0 Å². The van der Waals surface area contributed by atoms with Gasteiger partial charge in [-0.25, -0.2) is 4.79 Å². The lowest BCUT2D eigenvalue weighted by atomic mass is 10.1. The number of nitro benzene ring substituents is 2. The Hall–Kier alpha value is -3.49. The van der Waals surface area contributed by atoms with Crippen LogP contribution >= 0.6 is 0 Å². The summed E-state index contributed by atoms with van der Waals surface area (Å²) in [6, 6.07) is 7.27. The van der Waals surface area contributed by atoms with Crippen molar-refractivity contribution in [2.45, 2.75) is 6.92 Å². The molecule has 0 aliphatic rings. The molecular formula is C15H12N2O7. The van der Waals surface area contributed by atoms with Gasteiger partial charge in [0.15, 0.2) is 11.5 Å². The summed E-state index contributed by atoms with van der Waals surface area (Å²) in [5, 5.41) is 21.5. The number of hydrogen-bond acceptors (Lipinski definition) is 7. The van der Waals surface area contributed by atoms with Crippen molar-refractivity contribution >= 4 is 17.3 Å². The highest BCUT2D eigenvalue weighted by Crippen LogP contribution is 2.32. The average Bonchev–Trinajstić information content (AvgIpc) is 2.54. The molecule has 9 heteroatoms. The molecule has 0 atom stereocenters. The third kappa shape index (κ3) is 3.46. The molecule has 0 radical (unpaired) electrons. The predicted molar refractivity (Wildman–Crippen MR) is 82.4 cm³/mol. The molecule has 24 heavy (non-hydrogen) atoms. The van der Waals surface area contributed by atoms with Crippen LogP contribution in [0, 0.1) is 27.2 Å². The fraction of sp³-hybridized carbons (Fsp3) is 0.133. The van der Waals surface area contributed by atoms with Crippen molar-refractivity contribution in [1.29, 1.82) is 0 Å². The first-order valence-electron chi connectivity index (χ1n) is 6.63. The second-order valence-corrected chi connectivity index (χ2v) is 4.74. The number of rotatable bonds is 5. The molecule has 0 aliphatic heterocycles. The molecule has 0 bridgehead atoms. The van der Waals surface area contributed by atoms with Crippen LogP contribution in [0.4, 0.5) is 11.4 Å². The van der Waals surface area contributed by atoms with Gasteiger partial charge in [-0.3, -0.25) is 20.2 Å². The maximum atomic E-state index is 12.2. The van der Waals surface area contributed by atoms with Gasteiger partial charge in [-0.1, -0.05) is 0 Å². The van der Waals surface area contributed by atoms with Gasteiger partial charge < -0.3 is 9.47 Å². The molecule has 124 valence electrons. The van der Waals surface area contributed by atoms with E-state index in [0.717, 1.165) is 6.07 Å². The first-order valence-corrected chi connectivity index (χ1v) is 6.63. The van der Waals surface area contributed by atoms with E-state index in [2.05, 4.69) is 0 Å². The predicted octanol–water partition coefficient (Wildman–Crippen LogP) is 3.04. The third-order valence-corrected chi connectivity index (χ3v) is 3.20. The molecule has 0 fully saturated rings. The smallest absolute Gasteiger partial charge is 0.343 e. The molecule has 2 rings (SSSR count). The molecule has 0 spiro atoms. The maximum Gasteiger partial charge on any atom is 0.343 e. The summed E-state index contributed by atoms with van der Waals surface area (Å²) < 4.78 is 10.2. The number of benzene rings is 2. The monoisotopic (exact) mass is 332 g/mol. The molecule has 0 heterocycles. The van der Waals surface area contributed by atoms with Gasteiger partial charge in [0.1, 0.15) is 0 Å². The van der Waals surface area contributed by atoms with Crippen LogP contribution in [0.2, 0.25) is 0 Å². The SMILES string of the molecule is COc1ccc([N+](=O)[O-])cc1OC(=O)c1ccc([N+](=O)[O-])cc1C. The summed E-state index contributed by atoms with van der Waals surface area (Å²) in [7, 11) is 1.33. The van der Waals surface area contributed by atoms with Crippen LogP contribution in [0.1, 0.15) is 15.9 Å². The molecule has 0 aromatic heterocycles. The fourth-order valence-corrected chi connectivity index (χ4v) is 2.00. The zero-order valence-electron chi connectivity index (χ0n) is 12.7. The number of hydrogen-bond donors (Lipinski definition) is 0. The minimum Gasteiger partial charge on any atom is -0.493 e. The largest absolute Gasteiger partial charge is 0.493 e. The second kappa shape index (κ2) is 6.73. The standard InChI is InChI=1S/C15H12N2O7/c1-9-7-10(16(19)20)3-5-12(9)15(18)24-14-8-11(17(21)22)4-6-13(14)23-2/h3-8H,1-2H3. The first kappa shape index (κ1) is 16.9. The zero-order valence-corrected chi connectivity index (χ0v) is 12.7. The van der Waals surface area contributed by atoms with Gasteiger partial charge >= 0.3 is 5.97 Å². The van der Waals surface area contributed by atoms with Gasteiger partial charge in [0.2, 0.25) is 0 Å². The van der Waals surface area contributed by atoms with Crippen molar-refractivity contribution in [2.24, 2.45) is 0 Å². The Morgan fingerprint density at radius 3 is 2.08 bits per heavy atom. The maximum absolute atomic E-state index is 12.2. The number of methoxy groups -OCH3 is 1. The highest BCUT2D eigenvalue weighted by Gasteiger charge is 2.19. The number of non-ortho nitro benzene ring substituents is 2. The first-order chi connectivity index (χ1) is 11.3. The summed E-state index contributed by atoms with van der Waals surface area (Å²) in [6.45, 7) is 1.52. The normalized spacial score (nSPS) is 10.1. The van der Waals surface area contributed by atoms with E-state index >= 15 is 0 Å². The van der Waals surface area contributed by atoms with Crippen molar-refractivity contribution in [3.8, 4) is 11.5 Å². The van der Waals surface area contributed by atoms with Crippen molar-refractivity contribution in [3.05, 3.63) is 67.8 Å². The summed E-state index contributed by atoms with van der Waals surface area (Å²) in [5.41, 5.74) is 0.0313. The fourth-order valence-electron chi connectivity index (χ4n) is 2.00. The van der Waals surface area contributed by atoms with E-state index in [1.807, 2.05) is 0 Å². The minimum absolute atomic E-state index is 0.106. The lowest BCUT2D eigenvalue weighted by Gasteiger charge is -2.10. The van der Waals surface area contributed by atoms with Gasteiger partial charge in [0.25, 0.3) is 11.4 Å². The minimum atomic E-state index is -0.804. The van der Waals surface area contributed by atoms with Crippen LogP contribution in [-0.4, -0.2) is 22.9 Å². The molecule has 9 nitrogen and oxygen atoms in total. The Labute approximate surface area is 135 Å². The Balaban J connectivity index is 2.34. The molecule has 2 aromatic rings. The second-order valence-electron chi connectivity index (χ2n) is 4.74. The van der Waals surface area contributed by atoms with Crippen molar-refractivity contribution in [2.75, 3.05) is 7.11 Å². The van der Waals surface area contributed by atoms with Crippen LogP contribution in [-0.2, 0) is 0 Å². The summed E-state index contributed by atoms with van der Waals surface area (Å²) in [6.07, 6.45) is 0. The van der Waals surface area contributed by atoms with E-state index in [-0.39, 0.29) is 28.4 Å². The molecule has 0 amide bonds. The number of nitro groups is 2. The van der Waals surface area contributed by atoms with Crippen molar-refractivity contribution in [1.82, 2.24) is 0 Å². The van der Waals surface area contributed by atoms with E-state index in [4.69, 9.17) is 9.47 Å². The van der Waals surface area contributed by atoms with Crippen LogP contribution in [0.15, 0.2) is 36.4 Å². The van der Waals surface area contributed by atoms with Gasteiger partial charge in [-0.2, -0.15) is 0 Å². The van der Waals surface area contributed by atoms with E-state index in [9.17, 15) is 25.0 Å². The molecule has 0 N–H and O–H groups in total. The Morgan fingerprint density at radius 2 is 1.54 bits per heavy atom. The van der Waals surface area contributed by atoms with E-state index < -0.39 is 15.8 Å². The van der Waals surface area contributed by atoms with Crippen LogP contribution < -0.4 is 9.47 Å². The Morgan fingerprint density at radius 1 is 0.958 bits per heavy atom. The number of esters is 1. The molecule has 0 saturated carbocycles. The molecule has 2 aromatic carbocycles. The summed E-state index contributed by atoms with van der Waals surface area (Å²) in [5.74, 6) is -0.774. The number of ether oxygens (including phenoxy) is 2. The van der Waals surface area contributed by atoms with E-state index in [1.54, 1.807) is 0 Å². The molecule has 0 unspecified atom stereocenters. The van der Waals surface area contributed by atoms with Crippen LogP contribution in [0.25, 0.3) is 0 Å². The van der Waals surface area contributed by atoms with E-state index in [0.29, 0.717) is 5.56 Å². The number of aryl methyl sites for hydroxylation is 1. The number of carbonyl (C=O) groups excluding carboxylic acids is 1. The Kier molecular flexibility index (Phi) is 4.73. The molecular weight excluding hydrogens is 320 g/mol. The highest BCUT2D eigenvalue weighted by molar-refractivity contribution is 5.93. The zero-order chi connectivity index (χ0) is 17.9. The van der Waals surface area contributed by atoms with Gasteiger partial charge in [0.05, 0.1) is 28.6 Å². The van der Waals surface area contributed by atoms with Gasteiger partial charge in [-0.05, 0) is 24.6 Å². The summed E-state index contributed by atoms with van der Waals surface area (Å²) >= 11 is 0. The lowest BCUT2D eigenvalue weighted by Crippen LogP contribution is -2.11. The number of nitrogens with zero attached hydrogens (tertiary/aromatic N) is 2. The average molecular weight is 332 g/mol. The number of carbonyl (C=O) groups is 1. The topological polar surface area (TPSA) is 122 Å². The Bertz CT molecular complexity index is 833. The molecule has 0 saturated heterocycles. The van der Waals surface area contributed by atoms with Crippen molar-refractivity contribution in [3.63, 3.8) is 0 Å².